The van der Waals surface area contributed by atoms with Gasteiger partial charge in [-0.2, -0.15) is 5.10 Å². The van der Waals surface area contributed by atoms with Crippen molar-refractivity contribution in [1.29, 1.82) is 0 Å². The summed E-state index contributed by atoms with van der Waals surface area (Å²) in [7, 11) is 0. The number of hydrogen-bond donors (Lipinski definition) is 1. The van der Waals surface area contributed by atoms with Crippen LogP contribution in [0.15, 0.2) is 40.2 Å². The number of aromatic nitrogens is 2. The lowest BCUT2D eigenvalue weighted by molar-refractivity contribution is 0.568. The fourth-order valence-electron chi connectivity index (χ4n) is 2.03. The highest BCUT2D eigenvalue weighted by Gasteiger charge is 2.05. The fraction of sp³-hybridized carbons (Fsp3) is 0.400. The fourth-order valence-corrected chi connectivity index (χ4v) is 2.03. The summed E-state index contributed by atoms with van der Waals surface area (Å²) in [4.78, 5) is 2.29. The van der Waals surface area contributed by atoms with Gasteiger partial charge in [-0.1, -0.05) is 0 Å². The maximum absolute atomic E-state index is 5.14. The zero-order chi connectivity index (χ0) is 14.9. The molecule has 112 valence electrons. The third-order valence-corrected chi connectivity index (χ3v) is 3.17. The van der Waals surface area contributed by atoms with Gasteiger partial charge in [-0.25, -0.2) is 0 Å². The second-order valence-electron chi connectivity index (χ2n) is 4.47. The second-order valence-corrected chi connectivity index (χ2v) is 4.47. The number of nitrogens with one attached hydrogen (secondary N) is 1. The molecular weight excluding hydrogens is 266 g/mol. The minimum absolute atomic E-state index is 0.561. The van der Waals surface area contributed by atoms with Crippen LogP contribution in [0.1, 0.15) is 20.3 Å². The van der Waals surface area contributed by atoms with Crippen LogP contribution < -0.4 is 10.3 Å². The first-order valence-electron chi connectivity index (χ1n) is 7.21. The average Bonchev–Trinajstić information content (AvgIpc) is 3.25. The summed E-state index contributed by atoms with van der Waals surface area (Å²) < 4.78 is 5.14. The smallest absolute Gasteiger partial charge is 0.247 e. The number of rotatable bonds is 4. The van der Waals surface area contributed by atoms with E-state index in [1.807, 2.05) is 18.3 Å². The lowest BCUT2D eigenvalue weighted by atomic mass is 10.2. The first-order valence-corrected chi connectivity index (χ1v) is 7.21. The Bertz CT molecular complexity index is 526. The monoisotopic (exact) mass is 287 g/mol. The number of hydrogen-bond acceptors (Lipinski definition) is 6. The van der Waals surface area contributed by atoms with Crippen molar-refractivity contribution in [2.24, 2.45) is 5.10 Å². The molecule has 3 rings (SSSR count). The van der Waals surface area contributed by atoms with E-state index >= 15 is 0 Å². The van der Waals surface area contributed by atoms with E-state index in [9.17, 15) is 0 Å². The SMILES string of the molecule is C1=NNCC1.CCN(CC)c1ccc(-c2nnco2)cc1. The van der Waals surface area contributed by atoms with Crippen LogP contribution in [0.25, 0.3) is 11.5 Å². The molecule has 21 heavy (non-hydrogen) atoms. The summed E-state index contributed by atoms with van der Waals surface area (Å²) >= 11 is 0. The molecule has 0 saturated carbocycles. The Balaban J connectivity index is 0.000000272. The zero-order valence-corrected chi connectivity index (χ0v) is 12.5. The Hall–Kier alpha value is -2.37. The number of hydrazone groups is 1. The van der Waals surface area contributed by atoms with E-state index < -0.39 is 0 Å². The van der Waals surface area contributed by atoms with Crippen molar-refractivity contribution in [3.05, 3.63) is 30.7 Å². The number of nitrogens with zero attached hydrogens (tertiary/aromatic N) is 4. The number of anilines is 1. The Labute approximate surface area is 124 Å². The highest BCUT2D eigenvalue weighted by Crippen LogP contribution is 2.21. The van der Waals surface area contributed by atoms with Gasteiger partial charge in [0.25, 0.3) is 0 Å². The highest BCUT2D eigenvalue weighted by molar-refractivity contribution is 5.59. The van der Waals surface area contributed by atoms with E-state index in [1.54, 1.807) is 0 Å². The van der Waals surface area contributed by atoms with E-state index in [0.717, 1.165) is 31.6 Å². The van der Waals surface area contributed by atoms with Crippen LogP contribution in [0.3, 0.4) is 0 Å². The van der Waals surface area contributed by atoms with E-state index in [2.05, 4.69) is 51.6 Å². The van der Waals surface area contributed by atoms with Gasteiger partial charge in [0.15, 0.2) is 0 Å². The van der Waals surface area contributed by atoms with E-state index in [1.165, 1.54) is 12.1 Å². The quantitative estimate of drug-likeness (QED) is 0.936. The molecule has 1 aromatic heterocycles. The first kappa shape index (κ1) is 15.0. The van der Waals surface area contributed by atoms with Crippen LogP contribution in [-0.4, -0.2) is 36.0 Å². The Morgan fingerprint density at radius 2 is 1.95 bits per heavy atom. The van der Waals surface area contributed by atoms with Crippen LogP contribution in [0, 0.1) is 0 Å². The van der Waals surface area contributed by atoms with Crippen molar-refractivity contribution in [2.75, 3.05) is 24.5 Å². The van der Waals surface area contributed by atoms with Crippen molar-refractivity contribution < 1.29 is 4.42 Å². The van der Waals surface area contributed by atoms with Crippen LogP contribution in [0.5, 0.6) is 0 Å². The Kier molecular flexibility index (Phi) is 5.75. The highest BCUT2D eigenvalue weighted by atomic mass is 16.4. The molecule has 0 unspecified atom stereocenters. The standard InChI is InChI=1S/C12H15N3O.C3H6N2/c1-3-15(4-2)11-7-5-10(6-8-11)12-14-13-9-16-12;1-2-4-5-3-1/h5-9H,3-4H2,1-2H3;2,5H,1,3H2. The molecule has 0 aliphatic carbocycles. The molecule has 0 saturated heterocycles. The maximum Gasteiger partial charge on any atom is 0.247 e. The molecule has 0 fully saturated rings. The molecule has 0 atom stereocenters. The summed E-state index contributed by atoms with van der Waals surface area (Å²) in [5.74, 6) is 0.561. The van der Waals surface area contributed by atoms with Crippen LogP contribution in [-0.2, 0) is 0 Å². The summed E-state index contributed by atoms with van der Waals surface area (Å²) in [5, 5.41) is 11.2. The summed E-state index contributed by atoms with van der Waals surface area (Å²) in [6, 6.07) is 8.15. The van der Waals surface area contributed by atoms with E-state index in [-0.39, 0.29) is 0 Å². The summed E-state index contributed by atoms with van der Waals surface area (Å²) in [6.45, 7) is 7.34. The van der Waals surface area contributed by atoms with Gasteiger partial charge in [-0.05, 0) is 38.1 Å². The molecule has 6 nitrogen and oxygen atoms in total. The van der Waals surface area contributed by atoms with Gasteiger partial charge >= 0.3 is 0 Å². The summed E-state index contributed by atoms with van der Waals surface area (Å²) in [6.07, 6.45) is 4.31. The Morgan fingerprint density at radius 1 is 1.19 bits per heavy atom. The van der Waals surface area contributed by atoms with Gasteiger partial charge in [0.05, 0.1) is 0 Å². The second kappa shape index (κ2) is 8.04. The predicted molar refractivity (Wildman–Crippen MR) is 84.4 cm³/mol. The minimum Gasteiger partial charge on any atom is -0.423 e. The van der Waals surface area contributed by atoms with Gasteiger partial charge in [0.2, 0.25) is 12.3 Å². The van der Waals surface area contributed by atoms with Crippen LogP contribution >= 0.6 is 0 Å². The number of benzene rings is 1. The molecular formula is C15H21N5O. The minimum atomic E-state index is 0.561. The van der Waals surface area contributed by atoms with E-state index in [4.69, 9.17) is 4.42 Å². The van der Waals surface area contributed by atoms with Crippen molar-refractivity contribution in [2.45, 2.75) is 20.3 Å². The van der Waals surface area contributed by atoms with Crippen molar-refractivity contribution in [3.8, 4) is 11.5 Å². The molecule has 1 aliphatic rings. The lowest BCUT2D eigenvalue weighted by Crippen LogP contribution is -2.21. The molecule has 2 heterocycles. The third-order valence-electron chi connectivity index (χ3n) is 3.17. The third kappa shape index (κ3) is 4.30. The molecule has 0 radical (unpaired) electrons. The molecule has 1 aromatic carbocycles. The van der Waals surface area contributed by atoms with Gasteiger partial charge in [0.1, 0.15) is 0 Å². The van der Waals surface area contributed by atoms with Crippen LogP contribution in [0.4, 0.5) is 5.69 Å². The molecule has 0 bridgehead atoms. The maximum atomic E-state index is 5.14. The first-order chi connectivity index (χ1) is 10.3. The topological polar surface area (TPSA) is 66.6 Å². The molecule has 0 spiro atoms. The van der Waals surface area contributed by atoms with Gasteiger partial charge in [-0.15, -0.1) is 10.2 Å². The van der Waals surface area contributed by atoms with Gasteiger partial charge < -0.3 is 14.7 Å². The van der Waals surface area contributed by atoms with Gasteiger partial charge in [0, 0.05) is 43.5 Å². The molecule has 1 N–H and O–H groups in total. The molecule has 2 aromatic rings. The van der Waals surface area contributed by atoms with Gasteiger partial charge in [-0.3, -0.25) is 0 Å². The van der Waals surface area contributed by atoms with E-state index in [0.29, 0.717) is 5.89 Å². The van der Waals surface area contributed by atoms with Crippen LogP contribution in [0.2, 0.25) is 0 Å². The van der Waals surface area contributed by atoms with Crippen molar-refractivity contribution in [1.82, 2.24) is 15.6 Å². The molecule has 1 aliphatic heterocycles. The normalized spacial score (nSPS) is 12.5. The zero-order valence-electron chi connectivity index (χ0n) is 12.5. The molecule has 0 amide bonds. The largest absolute Gasteiger partial charge is 0.423 e. The average molecular weight is 287 g/mol. The lowest BCUT2D eigenvalue weighted by Gasteiger charge is -2.20. The molecule has 6 heteroatoms. The Morgan fingerprint density at radius 3 is 2.38 bits per heavy atom. The van der Waals surface area contributed by atoms with Crippen molar-refractivity contribution in [3.63, 3.8) is 0 Å². The predicted octanol–water partition coefficient (Wildman–Crippen LogP) is 2.55. The summed E-state index contributed by atoms with van der Waals surface area (Å²) in [5.41, 5.74) is 4.96. The van der Waals surface area contributed by atoms with Crippen molar-refractivity contribution >= 4 is 11.9 Å².